The minimum absolute atomic E-state index is 0.0310. The molecule has 6 heteroatoms. The highest BCUT2D eigenvalue weighted by Gasteiger charge is 2.41. The smallest absolute Gasteiger partial charge is 0.356 e. The molecule has 1 heterocycles. The minimum atomic E-state index is -1.05. The molecule has 1 saturated carbocycles. The van der Waals surface area contributed by atoms with Gasteiger partial charge in [0, 0.05) is 11.3 Å². The van der Waals surface area contributed by atoms with E-state index < -0.39 is 5.97 Å². The normalized spacial score (nSPS) is 16.8. The number of hydrogen-bond donors (Lipinski definition) is 2. The van der Waals surface area contributed by atoms with E-state index in [1.165, 1.54) is 25.2 Å². The Morgan fingerprint density at radius 1 is 1.56 bits per heavy atom. The van der Waals surface area contributed by atoms with Gasteiger partial charge in [0.15, 0.2) is 5.69 Å². The fraction of sp³-hybridized carbons (Fsp3) is 0.500. The zero-order chi connectivity index (χ0) is 11.6. The third-order valence-electron chi connectivity index (χ3n) is 2.70. The zero-order valence-corrected chi connectivity index (χ0v) is 9.75. The molecule has 16 heavy (non-hydrogen) atoms. The summed E-state index contributed by atoms with van der Waals surface area (Å²) in [7, 11) is 0. The monoisotopic (exact) mass is 239 g/mol. The first-order valence-electron chi connectivity index (χ1n) is 5.00. The summed E-state index contributed by atoms with van der Waals surface area (Å²) in [5.41, 5.74) is -0.0310. The fourth-order valence-corrected chi connectivity index (χ4v) is 2.10. The van der Waals surface area contributed by atoms with Crippen LogP contribution in [0.3, 0.4) is 0 Å². The first kappa shape index (κ1) is 11.2. The van der Waals surface area contributed by atoms with Gasteiger partial charge in [-0.1, -0.05) is 0 Å². The quantitative estimate of drug-likeness (QED) is 0.810. The Morgan fingerprint density at radius 2 is 2.31 bits per heavy atom. The maximum Gasteiger partial charge on any atom is 0.356 e. The van der Waals surface area contributed by atoms with Crippen LogP contribution in [0.5, 0.6) is 0 Å². The van der Waals surface area contributed by atoms with Gasteiger partial charge in [0.05, 0.1) is 12.4 Å². The predicted molar refractivity (Wildman–Crippen MR) is 63.0 cm³/mol. The Hall–Kier alpha value is -1.30. The van der Waals surface area contributed by atoms with Crippen LogP contribution in [0.2, 0.25) is 0 Å². The van der Waals surface area contributed by atoms with E-state index in [0.717, 1.165) is 6.54 Å². The number of nitrogens with one attached hydrogen (secondary N) is 1. The molecular weight excluding hydrogens is 226 g/mol. The van der Waals surface area contributed by atoms with E-state index in [4.69, 9.17) is 5.11 Å². The maximum atomic E-state index is 10.6. The summed E-state index contributed by atoms with van der Waals surface area (Å²) in [6, 6.07) is 0. The molecule has 0 amide bonds. The van der Waals surface area contributed by atoms with Crippen molar-refractivity contribution >= 4 is 23.5 Å². The third kappa shape index (κ3) is 2.44. The number of anilines is 1. The van der Waals surface area contributed by atoms with Gasteiger partial charge in [-0.15, -0.1) is 0 Å². The number of thioether (sulfide) groups is 1. The molecule has 0 unspecified atom stereocenters. The van der Waals surface area contributed by atoms with E-state index in [2.05, 4.69) is 21.5 Å². The topological polar surface area (TPSA) is 75.1 Å². The van der Waals surface area contributed by atoms with E-state index in [1.54, 1.807) is 0 Å². The van der Waals surface area contributed by atoms with Crippen LogP contribution in [0.15, 0.2) is 12.4 Å². The Balaban J connectivity index is 1.93. The summed E-state index contributed by atoms with van der Waals surface area (Å²) in [5, 5.41) is 11.8. The molecule has 2 N–H and O–H groups in total. The van der Waals surface area contributed by atoms with Gasteiger partial charge in [0.25, 0.3) is 0 Å². The lowest BCUT2D eigenvalue weighted by Gasteiger charge is -2.12. The van der Waals surface area contributed by atoms with Crippen molar-refractivity contribution in [1.82, 2.24) is 9.97 Å². The van der Waals surface area contributed by atoms with Gasteiger partial charge in [-0.2, -0.15) is 11.8 Å². The molecule has 0 aromatic carbocycles. The lowest BCUT2D eigenvalue weighted by molar-refractivity contribution is 0.0690. The van der Waals surface area contributed by atoms with E-state index >= 15 is 0 Å². The Morgan fingerprint density at radius 3 is 2.75 bits per heavy atom. The van der Waals surface area contributed by atoms with Crippen molar-refractivity contribution in [3.8, 4) is 0 Å². The molecule has 0 radical (unpaired) electrons. The summed E-state index contributed by atoms with van der Waals surface area (Å²) >= 11 is 1.86. The van der Waals surface area contributed by atoms with Crippen molar-refractivity contribution in [2.75, 3.05) is 18.1 Å². The van der Waals surface area contributed by atoms with Crippen LogP contribution >= 0.6 is 11.8 Å². The van der Waals surface area contributed by atoms with Crippen molar-refractivity contribution in [2.45, 2.75) is 17.6 Å². The lowest BCUT2D eigenvalue weighted by atomic mass is 10.4. The number of aromatic nitrogens is 2. The first-order valence-corrected chi connectivity index (χ1v) is 6.22. The van der Waals surface area contributed by atoms with E-state index in [9.17, 15) is 4.79 Å². The molecule has 2 rings (SSSR count). The van der Waals surface area contributed by atoms with Crippen molar-refractivity contribution in [3.05, 3.63) is 18.1 Å². The SMILES string of the molecule is CSC1(CNc2cnc(C(=O)O)cn2)CC1. The highest BCUT2D eigenvalue weighted by Crippen LogP contribution is 2.46. The molecule has 1 aromatic rings. The maximum absolute atomic E-state index is 10.6. The summed E-state index contributed by atoms with van der Waals surface area (Å²) in [4.78, 5) is 18.4. The average Bonchev–Trinajstić information content (AvgIpc) is 3.08. The number of carboxylic acids is 1. The van der Waals surface area contributed by atoms with Gasteiger partial charge in [-0.3, -0.25) is 0 Å². The van der Waals surface area contributed by atoms with Gasteiger partial charge in [0.2, 0.25) is 0 Å². The summed E-state index contributed by atoms with van der Waals surface area (Å²) in [6.45, 7) is 0.856. The average molecular weight is 239 g/mol. The molecule has 86 valence electrons. The van der Waals surface area contributed by atoms with Crippen LogP contribution in [0.4, 0.5) is 5.82 Å². The molecule has 0 bridgehead atoms. The number of hydrogen-bond acceptors (Lipinski definition) is 5. The Bertz CT molecular complexity index is 390. The number of rotatable bonds is 5. The van der Waals surface area contributed by atoms with Crippen LogP contribution in [0.1, 0.15) is 23.3 Å². The summed E-state index contributed by atoms with van der Waals surface area (Å²) in [6.07, 6.45) is 7.28. The molecule has 1 fully saturated rings. The van der Waals surface area contributed by atoms with Gasteiger partial charge in [-0.25, -0.2) is 14.8 Å². The molecule has 0 atom stereocenters. The molecule has 1 aromatic heterocycles. The largest absolute Gasteiger partial charge is 0.476 e. The number of aromatic carboxylic acids is 1. The van der Waals surface area contributed by atoms with Crippen LogP contribution in [0.25, 0.3) is 0 Å². The first-order chi connectivity index (χ1) is 7.65. The highest BCUT2D eigenvalue weighted by molar-refractivity contribution is 8.00. The molecule has 0 aliphatic heterocycles. The second-order valence-corrected chi connectivity index (χ2v) is 5.11. The van der Waals surface area contributed by atoms with Crippen LogP contribution < -0.4 is 5.32 Å². The Labute approximate surface area is 97.7 Å². The molecular formula is C10H13N3O2S. The van der Waals surface area contributed by atoms with Gasteiger partial charge in [-0.05, 0) is 19.1 Å². The lowest BCUT2D eigenvalue weighted by Crippen LogP contribution is -2.18. The molecule has 0 saturated heterocycles. The third-order valence-corrected chi connectivity index (χ3v) is 4.12. The zero-order valence-electron chi connectivity index (χ0n) is 8.93. The molecule has 1 aliphatic carbocycles. The Kier molecular flexibility index (Phi) is 3.00. The van der Waals surface area contributed by atoms with Crippen molar-refractivity contribution < 1.29 is 9.90 Å². The fourth-order valence-electron chi connectivity index (χ4n) is 1.37. The number of nitrogens with zero attached hydrogens (tertiary/aromatic N) is 2. The number of carbonyl (C=O) groups is 1. The summed E-state index contributed by atoms with van der Waals surface area (Å²) < 4.78 is 0.354. The van der Waals surface area contributed by atoms with Crippen molar-refractivity contribution in [3.63, 3.8) is 0 Å². The van der Waals surface area contributed by atoms with E-state index in [1.807, 2.05) is 11.8 Å². The van der Waals surface area contributed by atoms with Crippen molar-refractivity contribution in [1.29, 1.82) is 0 Å². The molecule has 5 nitrogen and oxygen atoms in total. The van der Waals surface area contributed by atoms with E-state index in [-0.39, 0.29) is 5.69 Å². The van der Waals surface area contributed by atoms with Crippen molar-refractivity contribution in [2.24, 2.45) is 0 Å². The second kappa shape index (κ2) is 4.29. The van der Waals surface area contributed by atoms with Crippen LogP contribution in [0, 0.1) is 0 Å². The molecule has 0 spiro atoms. The number of carboxylic acid groups (broad SMARTS) is 1. The second-order valence-electron chi connectivity index (χ2n) is 3.83. The van der Waals surface area contributed by atoms with Crippen LogP contribution in [-0.4, -0.2) is 38.6 Å². The predicted octanol–water partition coefficient (Wildman–Crippen LogP) is 1.48. The van der Waals surface area contributed by atoms with Gasteiger partial charge in [0.1, 0.15) is 5.82 Å². The highest BCUT2D eigenvalue weighted by atomic mass is 32.2. The summed E-state index contributed by atoms with van der Waals surface area (Å²) in [5.74, 6) is -0.424. The standard InChI is InChI=1S/C10H13N3O2S/c1-16-10(2-3-10)6-13-8-5-11-7(4-12-8)9(14)15/h4-5H,2-3,6H2,1H3,(H,12,13)(H,14,15). The van der Waals surface area contributed by atoms with Gasteiger partial charge < -0.3 is 10.4 Å². The van der Waals surface area contributed by atoms with Gasteiger partial charge >= 0.3 is 5.97 Å². The van der Waals surface area contributed by atoms with Crippen LogP contribution in [-0.2, 0) is 0 Å². The minimum Gasteiger partial charge on any atom is -0.476 e. The molecule has 1 aliphatic rings. The van der Waals surface area contributed by atoms with E-state index in [0.29, 0.717) is 10.6 Å².